The van der Waals surface area contributed by atoms with Crippen molar-refractivity contribution in [2.45, 2.75) is 63.6 Å². The molecule has 152 valence electrons. The Morgan fingerprint density at radius 3 is 2.26 bits per heavy atom. The molecule has 1 aliphatic carbocycles. The lowest BCUT2D eigenvalue weighted by Gasteiger charge is -2.51. The molecule has 2 spiro atoms. The molecule has 0 amide bonds. The van der Waals surface area contributed by atoms with Gasteiger partial charge in [0, 0.05) is 39.1 Å². The van der Waals surface area contributed by atoms with Crippen LogP contribution in [0.5, 0.6) is 0 Å². The minimum Gasteiger partial charge on any atom is -0.366 e. The smallest absolute Gasteiger partial charge is 0.144 e. The van der Waals surface area contributed by atoms with Gasteiger partial charge in [-0.3, -0.25) is 9.89 Å². The van der Waals surface area contributed by atoms with Crippen molar-refractivity contribution in [2.24, 2.45) is 10.9 Å². The summed E-state index contributed by atoms with van der Waals surface area (Å²) in [4.78, 5) is 8.89. The number of allylic oxidation sites excluding steroid dienone is 2. The van der Waals surface area contributed by atoms with E-state index in [-0.39, 0.29) is 17.0 Å². The molecule has 0 unspecified atom stereocenters. The Hall–Kier alpha value is -1.04. The van der Waals surface area contributed by atoms with E-state index in [2.05, 4.69) is 41.9 Å². The third kappa shape index (κ3) is 5.27. The predicted octanol–water partition coefficient (Wildman–Crippen LogP) is 4.19. The molecule has 0 aromatic heterocycles. The number of aliphatic imine (C=N–C) groups is 1. The van der Waals surface area contributed by atoms with Crippen molar-refractivity contribution in [3.63, 3.8) is 0 Å². The van der Waals surface area contributed by atoms with Gasteiger partial charge < -0.3 is 9.64 Å². The molecule has 27 heavy (non-hydrogen) atoms. The van der Waals surface area contributed by atoms with Crippen LogP contribution in [-0.2, 0) is 4.74 Å². The van der Waals surface area contributed by atoms with Crippen LogP contribution in [0.15, 0.2) is 29.2 Å². The van der Waals surface area contributed by atoms with Crippen molar-refractivity contribution in [1.82, 2.24) is 9.80 Å². The first-order chi connectivity index (χ1) is 12.9. The van der Waals surface area contributed by atoms with Crippen LogP contribution in [0.1, 0.15) is 52.4 Å². The fourth-order valence-electron chi connectivity index (χ4n) is 4.49. The zero-order valence-corrected chi connectivity index (χ0v) is 17.2. The van der Waals surface area contributed by atoms with Crippen molar-refractivity contribution in [1.29, 1.82) is 0 Å². The SMILES string of the molecule is C=C/C(F)=C(/CCN1CCC2(CC1)CN(CCC(C)C)CC1(CC1)O2)N=C. The summed E-state index contributed by atoms with van der Waals surface area (Å²) in [7, 11) is 0. The molecule has 1 saturated carbocycles. The van der Waals surface area contributed by atoms with Gasteiger partial charge in [-0.2, -0.15) is 0 Å². The average Bonchev–Trinajstić information content (AvgIpc) is 3.39. The van der Waals surface area contributed by atoms with Crippen LogP contribution in [0, 0.1) is 5.92 Å². The second kappa shape index (κ2) is 8.54. The minimum atomic E-state index is -0.356. The lowest BCUT2D eigenvalue weighted by Crippen LogP contribution is -2.60. The van der Waals surface area contributed by atoms with Crippen LogP contribution in [0.3, 0.4) is 0 Å². The molecule has 3 fully saturated rings. The topological polar surface area (TPSA) is 28.1 Å². The second-order valence-electron chi connectivity index (χ2n) is 9.11. The van der Waals surface area contributed by atoms with Gasteiger partial charge in [-0.05, 0) is 57.4 Å². The number of morpholine rings is 1. The third-order valence-corrected chi connectivity index (χ3v) is 6.36. The minimum absolute atomic E-state index is 0.0178. The molecular formula is C22H36FN3O. The van der Waals surface area contributed by atoms with E-state index in [0.29, 0.717) is 12.1 Å². The van der Waals surface area contributed by atoms with Crippen LogP contribution in [0.2, 0.25) is 0 Å². The van der Waals surface area contributed by atoms with Crippen molar-refractivity contribution in [3.8, 4) is 0 Å². The van der Waals surface area contributed by atoms with E-state index in [1.54, 1.807) is 0 Å². The number of hydrogen-bond acceptors (Lipinski definition) is 4. The Morgan fingerprint density at radius 1 is 1.11 bits per heavy atom. The highest BCUT2D eigenvalue weighted by Gasteiger charge is 2.55. The molecule has 0 aromatic rings. The van der Waals surface area contributed by atoms with E-state index in [1.165, 1.54) is 31.9 Å². The Bertz CT molecular complexity index is 574. The summed E-state index contributed by atoms with van der Waals surface area (Å²) in [6.07, 6.45) is 7.63. The van der Waals surface area contributed by atoms with Gasteiger partial charge in [0.2, 0.25) is 0 Å². The fourth-order valence-corrected chi connectivity index (χ4v) is 4.49. The van der Waals surface area contributed by atoms with Crippen LogP contribution in [-0.4, -0.2) is 67.0 Å². The lowest BCUT2D eigenvalue weighted by molar-refractivity contribution is -0.188. The molecule has 4 nitrogen and oxygen atoms in total. The number of halogens is 1. The van der Waals surface area contributed by atoms with Crippen molar-refractivity contribution >= 4 is 6.72 Å². The molecule has 0 radical (unpaired) electrons. The molecule has 2 aliphatic heterocycles. The first kappa shape index (κ1) is 20.7. The summed E-state index contributed by atoms with van der Waals surface area (Å²) in [5.41, 5.74) is 0.577. The summed E-state index contributed by atoms with van der Waals surface area (Å²) in [6, 6.07) is 0. The van der Waals surface area contributed by atoms with E-state index >= 15 is 0 Å². The van der Waals surface area contributed by atoms with Gasteiger partial charge in [0.25, 0.3) is 0 Å². The summed E-state index contributed by atoms with van der Waals surface area (Å²) in [5.74, 6) is 0.392. The highest BCUT2D eigenvalue weighted by Crippen LogP contribution is 2.49. The second-order valence-corrected chi connectivity index (χ2v) is 9.11. The number of nitrogens with zero attached hydrogens (tertiary/aromatic N) is 3. The van der Waals surface area contributed by atoms with Crippen molar-refractivity contribution in [2.75, 3.05) is 39.3 Å². The summed E-state index contributed by atoms with van der Waals surface area (Å²) in [6.45, 7) is 17.8. The number of ether oxygens (including phenoxy) is 1. The Balaban J connectivity index is 1.53. The van der Waals surface area contributed by atoms with E-state index in [1.807, 2.05) is 0 Å². The monoisotopic (exact) mass is 377 g/mol. The third-order valence-electron chi connectivity index (χ3n) is 6.36. The Labute approximate surface area is 164 Å². The molecule has 0 bridgehead atoms. The van der Waals surface area contributed by atoms with Crippen LogP contribution in [0.4, 0.5) is 4.39 Å². The molecule has 0 N–H and O–H groups in total. The maximum atomic E-state index is 13.7. The highest BCUT2D eigenvalue weighted by atomic mass is 19.1. The van der Waals surface area contributed by atoms with Gasteiger partial charge >= 0.3 is 0 Å². The maximum absolute atomic E-state index is 13.7. The van der Waals surface area contributed by atoms with Gasteiger partial charge in [-0.1, -0.05) is 20.4 Å². The number of likely N-dealkylation sites (tertiary alicyclic amines) is 1. The summed E-state index contributed by atoms with van der Waals surface area (Å²) < 4.78 is 20.4. The van der Waals surface area contributed by atoms with Crippen molar-refractivity contribution in [3.05, 3.63) is 24.2 Å². The zero-order valence-electron chi connectivity index (χ0n) is 17.2. The Kier molecular flexibility index (Phi) is 6.54. The molecular weight excluding hydrogens is 341 g/mol. The predicted molar refractivity (Wildman–Crippen MR) is 110 cm³/mol. The number of piperidine rings is 1. The highest BCUT2D eigenvalue weighted by molar-refractivity contribution is 5.31. The van der Waals surface area contributed by atoms with Gasteiger partial charge in [-0.15, -0.1) is 0 Å². The molecule has 3 aliphatic rings. The van der Waals surface area contributed by atoms with E-state index in [9.17, 15) is 4.39 Å². The van der Waals surface area contributed by atoms with Crippen LogP contribution in [0.25, 0.3) is 0 Å². The number of rotatable bonds is 8. The number of hydrogen-bond donors (Lipinski definition) is 0. The molecule has 2 saturated heterocycles. The first-order valence-electron chi connectivity index (χ1n) is 10.5. The van der Waals surface area contributed by atoms with Crippen molar-refractivity contribution < 1.29 is 9.13 Å². The summed E-state index contributed by atoms with van der Waals surface area (Å²) >= 11 is 0. The quantitative estimate of drug-likeness (QED) is 0.469. The standard InChI is InChI=1S/C22H36FN3O/c1-5-19(23)20(24-4)7-13-25-14-10-22(11-15-25)17-26(12-6-18(2)3)16-21(27-22)8-9-21/h5,18H,1,4,6-17H2,2-3H3/b20-19+. The normalized spacial score (nSPS) is 25.6. The van der Waals surface area contributed by atoms with Crippen LogP contribution < -0.4 is 0 Å². The molecule has 3 rings (SSSR count). The molecule has 0 aromatic carbocycles. The largest absolute Gasteiger partial charge is 0.366 e. The molecule has 5 heteroatoms. The summed E-state index contributed by atoms with van der Waals surface area (Å²) in [5, 5.41) is 0. The van der Waals surface area contributed by atoms with Crippen LogP contribution >= 0.6 is 0 Å². The lowest BCUT2D eigenvalue weighted by atomic mass is 9.87. The maximum Gasteiger partial charge on any atom is 0.144 e. The fraction of sp³-hybridized carbons (Fsp3) is 0.773. The van der Waals surface area contributed by atoms with Gasteiger partial charge in [0.1, 0.15) is 5.83 Å². The molecule has 2 heterocycles. The zero-order chi connectivity index (χ0) is 19.5. The van der Waals surface area contributed by atoms with Gasteiger partial charge in [0.05, 0.1) is 16.9 Å². The Morgan fingerprint density at radius 2 is 1.74 bits per heavy atom. The van der Waals surface area contributed by atoms with Gasteiger partial charge in [-0.25, -0.2) is 4.39 Å². The first-order valence-corrected chi connectivity index (χ1v) is 10.5. The average molecular weight is 378 g/mol. The molecule has 0 atom stereocenters. The van der Waals surface area contributed by atoms with E-state index in [0.717, 1.165) is 51.5 Å². The van der Waals surface area contributed by atoms with E-state index in [4.69, 9.17) is 4.74 Å². The van der Waals surface area contributed by atoms with E-state index < -0.39 is 0 Å². The van der Waals surface area contributed by atoms with Gasteiger partial charge in [0.15, 0.2) is 0 Å².